The zero-order chi connectivity index (χ0) is 28.4. The van der Waals surface area contributed by atoms with Crippen LogP contribution in [0, 0.1) is 6.92 Å². The van der Waals surface area contributed by atoms with Crippen molar-refractivity contribution in [1.29, 1.82) is 0 Å². The first-order valence-corrected chi connectivity index (χ1v) is 13.0. The number of likely N-dealkylation sites (tertiary alicyclic amines) is 1. The Morgan fingerprint density at radius 1 is 0.923 bits per heavy atom. The van der Waals surface area contributed by atoms with Crippen molar-refractivity contribution in [2.45, 2.75) is 44.3 Å². The van der Waals surface area contributed by atoms with E-state index < -0.39 is 36.2 Å². The van der Waals surface area contributed by atoms with E-state index in [1.165, 1.54) is 0 Å². The predicted molar refractivity (Wildman–Crippen MR) is 134 cm³/mol. The average molecular weight is 558 g/mol. The zero-order valence-electron chi connectivity index (χ0n) is 22.0. The SMILES string of the molecule is Cc1ccccc1[C@@H]1CCN(C(=O)CN2CCN(C)CC2)C[C@@H]1OCc1cc(C(F)(F)F)cc(C(F)(F)F)c1. The van der Waals surface area contributed by atoms with E-state index >= 15 is 0 Å². The lowest BCUT2D eigenvalue weighted by molar-refractivity contribution is -0.143. The standard InChI is InChI=1S/C28H33F6N3O2/c1-19-5-3-4-6-23(19)24-7-8-37(26(38)17-36-11-9-35(2)10-12-36)16-25(24)39-18-20-13-21(27(29,30)31)15-22(14-20)28(32,33)34/h3-6,13-15,24-25H,7-12,16-18H2,1-2H3/t24-,25-/m0/s1. The molecular formula is C28H33F6N3O2. The third-order valence-electron chi connectivity index (χ3n) is 7.57. The molecule has 2 aliphatic rings. The van der Waals surface area contributed by atoms with Crippen LogP contribution in [-0.2, 0) is 28.5 Å². The van der Waals surface area contributed by atoms with E-state index in [0.29, 0.717) is 25.1 Å². The Morgan fingerprint density at radius 3 is 2.13 bits per heavy atom. The molecule has 2 aliphatic heterocycles. The number of benzene rings is 2. The molecule has 0 aliphatic carbocycles. The number of nitrogens with zero attached hydrogens (tertiary/aromatic N) is 3. The molecule has 39 heavy (non-hydrogen) atoms. The number of alkyl halides is 6. The van der Waals surface area contributed by atoms with Gasteiger partial charge in [-0.15, -0.1) is 0 Å². The lowest BCUT2D eigenvalue weighted by atomic mass is 9.84. The number of hydrogen-bond donors (Lipinski definition) is 0. The average Bonchev–Trinajstić information content (AvgIpc) is 2.88. The van der Waals surface area contributed by atoms with Crippen LogP contribution < -0.4 is 0 Å². The number of aryl methyl sites for hydroxylation is 1. The van der Waals surface area contributed by atoms with Crippen LogP contribution in [0.1, 0.15) is 40.2 Å². The van der Waals surface area contributed by atoms with Crippen molar-refractivity contribution in [3.8, 4) is 0 Å². The molecular weight excluding hydrogens is 524 g/mol. The zero-order valence-corrected chi connectivity index (χ0v) is 22.0. The van der Waals surface area contributed by atoms with Gasteiger partial charge in [-0.05, 0) is 55.3 Å². The van der Waals surface area contributed by atoms with Gasteiger partial charge in [-0.25, -0.2) is 0 Å². The molecule has 2 fully saturated rings. The lowest BCUT2D eigenvalue weighted by Crippen LogP contribution is -2.52. The Labute approximate surface area is 224 Å². The van der Waals surface area contributed by atoms with Crippen LogP contribution in [0.4, 0.5) is 26.3 Å². The highest BCUT2D eigenvalue weighted by Gasteiger charge is 2.38. The van der Waals surface area contributed by atoms with E-state index in [-0.39, 0.29) is 36.5 Å². The summed E-state index contributed by atoms with van der Waals surface area (Å²) in [6.45, 7) is 5.75. The van der Waals surface area contributed by atoms with E-state index in [2.05, 4.69) is 9.80 Å². The van der Waals surface area contributed by atoms with Gasteiger partial charge in [0.2, 0.25) is 5.91 Å². The Bertz CT molecular complexity index is 1110. The Hall–Kier alpha value is -2.63. The van der Waals surface area contributed by atoms with Gasteiger partial charge >= 0.3 is 12.4 Å². The monoisotopic (exact) mass is 557 g/mol. The summed E-state index contributed by atoms with van der Waals surface area (Å²) >= 11 is 0. The number of amides is 1. The summed E-state index contributed by atoms with van der Waals surface area (Å²) in [4.78, 5) is 19.1. The number of hydrogen-bond acceptors (Lipinski definition) is 4. The number of ether oxygens (including phenoxy) is 1. The van der Waals surface area contributed by atoms with Gasteiger partial charge in [-0.1, -0.05) is 24.3 Å². The molecule has 0 unspecified atom stereocenters. The lowest BCUT2D eigenvalue weighted by Gasteiger charge is -2.40. The Balaban J connectivity index is 1.54. The first-order valence-electron chi connectivity index (χ1n) is 13.0. The third-order valence-corrected chi connectivity index (χ3v) is 7.57. The molecule has 0 N–H and O–H groups in total. The highest BCUT2D eigenvalue weighted by Crippen LogP contribution is 2.37. The van der Waals surface area contributed by atoms with Gasteiger partial charge in [0.1, 0.15) is 0 Å². The minimum atomic E-state index is -4.93. The van der Waals surface area contributed by atoms with Crippen LogP contribution in [0.2, 0.25) is 0 Å². The highest BCUT2D eigenvalue weighted by molar-refractivity contribution is 5.78. The largest absolute Gasteiger partial charge is 0.416 e. The maximum absolute atomic E-state index is 13.4. The molecule has 2 atom stereocenters. The number of carbonyl (C=O) groups is 1. The summed E-state index contributed by atoms with van der Waals surface area (Å²) in [5.41, 5.74) is -0.972. The van der Waals surface area contributed by atoms with Gasteiger partial charge in [0.25, 0.3) is 0 Å². The van der Waals surface area contributed by atoms with Crippen molar-refractivity contribution in [3.05, 3.63) is 70.3 Å². The van der Waals surface area contributed by atoms with E-state index in [0.717, 1.165) is 37.3 Å². The Kier molecular flexibility index (Phi) is 8.92. The fourth-order valence-electron chi connectivity index (χ4n) is 5.27. The van der Waals surface area contributed by atoms with Gasteiger partial charge in [0.15, 0.2) is 0 Å². The van der Waals surface area contributed by atoms with Crippen LogP contribution in [0.15, 0.2) is 42.5 Å². The van der Waals surface area contributed by atoms with Crippen LogP contribution in [-0.4, -0.2) is 79.6 Å². The molecule has 11 heteroatoms. The number of piperazine rings is 1. The highest BCUT2D eigenvalue weighted by atomic mass is 19.4. The second kappa shape index (κ2) is 11.9. The maximum Gasteiger partial charge on any atom is 0.416 e. The van der Waals surface area contributed by atoms with Crippen molar-refractivity contribution in [2.75, 3.05) is 52.9 Å². The van der Waals surface area contributed by atoms with Crippen molar-refractivity contribution in [1.82, 2.24) is 14.7 Å². The number of halogens is 6. The van der Waals surface area contributed by atoms with E-state index in [4.69, 9.17) is 4.74 Å². The molecule has 0 aromatic heterocycles. The van der Waals surface area contributed by atoms with Crippen LogP contribution in [0.25, 0.3) is 0 Å². The minimum absolute atomic E-state index is 0.0604. The summed E-state index contributed by atoms with van der Waals surface area (Å²) in [6, 6.07) is 9.16. The number of rotatable bonds is 6. The molecule has 214 valence electrons. The Morgan fingerprint density at radius 2 is 1.54 bits per heavy atom. The van der Waals surface area contributed by atoms with E-state index in [1.54, 1.807) is 4.90 Å². The normalized spacial score (nSPS) is 21.8. The van der Waals surface area contributed by atoms with Crippen LogP contribution in [0.5, 0.6) is 0 Å². The molecule has 2 heterocycles. The van der Waals surface area contributed by atoms with Gasteiger partial charge in [-0.3, -0.25) is 9.69 Å². The van der Waals surface area contributed by atoms with E-state index in [1.807, 2.05) is 38.2 Å². The maximum atomic E-state index is 13.4. The van der Waals surface area contributed by atoms with Gasteiger partial charge in [0, 0.05) is 45.2 Å². The first kappa shape index (κ1) is 29.4. The second-order valence-electron chi connectivity index (χ2n) is 10.4. The molecule has 5 nitrogen and oxygen atoms in total. The van der Waals surface area contributed by atoms with Crippen molar-refractivity contribution >= 4 is 5.91 Å². The topological polar surface area (TPSA) is 36.0 Å². The molecule has 0 radical (unpaired) electrons. The summed E-state index contributed by atoms with van der Waals surface area (Å²) < 4.78 is 86.2. The first-order chi connectivity index (χ1) is 18.3. The molecule has 1 amide bonds. The van der Waals surface area contributed by atoms with Crippen molar-refractivity contribution in [3.63, 3.8) is 0 Å². The van der Waals surface area contributed by atoms with Crippen molar-refractivity contribution in [2.24, 2.45) is 0 Å². The van der Waals surface area contributed by atoms with Crippen LogP contribution in [0.3, 0.4) is 0 Å². The number of likely N-dealkylation sites (N-methyl/N-ethyl adjacent to an activating group) is 1. The molecule has 4 rings (SSSR count). The smallest absolute Gasteiger partial charge is 0.371 e. The third kappa shape index (κ3) is 7.52. The predicted octanol–water partition coefficient (Wildman–Crippen LogP) is 5.18. The number of piperidine rings is 1. The molecule has 0 saturated carbocycles. The van der Waals surface area contributed by atoms with Crippen molar-refractivity contribution < 1.29 is 35.9 Å². The molecule has 2 saturated heterocycles. The molecule has 0 bridgehead atoms. The molecule has 0 spiro atoms. The number of carbonyl (C=O) groups excluding carboxylic acids is 1. The summed E-state index contributed by atoms with van der Waals surface area (Å²) in [6.07, 6.45) is -9.89. The second-order valence-corrected chi connectivity index (χ2v) is 10.4. The minimum Gasteiger partial charge on any atom is -0.371 e. The van der Waals surface area contributed by atoms with E-state index in [9.17, 15) is 31.1 Å². The summed E-state index contributed by atoms with van der Waals surface area (Å²) in [5, 5.41) is 0. The quantitative estimate of drug-likeness (QED) is 0.459. The van der Waals surface area contributed by atoms with Crippen LogP contribution >= 0.6 is 0 Å². The van der Waals surface area contributed by atoms with Gasteiger partial charge in [0.05, 0.1) is 30.4 Å². The van der Waals surface area contributed by atoms with Gasteiger partial charge in [-0.2, -0.15) is 26.3 Å². The fourth-order valence-corrected chi connectivity index (χ4v) is 5.27. The molecule has 2 aromatic rings. The fraction of sp³-hybridized carbons (Fsp3) is 0.536. The molecule has 2 aromatic carbocycles. The summed E-state index contributed by atoms with van der Waals surface area (Å²) in [7, 11) is 2.03. The van der Waals surface area contributed by atoms with Gasteiger partial charge < -0.3 is 14.5 Å². The summed E-state index contributed by atoms with van der Waals surface area (Å²) in [5.74, 6) is -0.221.